The second kappa shape index (κ2) is 2.85. The summed E-state index contributed by atoms with van der Waals surface area (Å²) in [6.07, 6.45) is 2.49. The average molecular weight is 195 g/mol. The fraction of sp³-hybridized carbons (Fsp3) is 0.111. The molecule has 0 spiro atoms. The van der Waals surface area contributed by atoms with E-state index in [9.17, 15) is 4.79 Å². The van der Waals surface area contributed by atoms with Crippen molar-refractivity contribution in [3.05, 3.63) is 34.9 Å². The molecule has 4 heteroatoms. The molecule has 0 N–H and O–H groups in total. The summed E-state index contributed by atoms with van der Waals surface area (Å²) < 4.78 is 1.69. The Hall–Kier alpha value is -1.35. The minimum atomic E-state index is 0.384. The molecule has 13 heavy (non-hydrogen) atoms. The number of rotatable bonds is 1. The van der Waals surface area contributed by atoms with Crippen LogP contribution in [0.4, 0.5) is 0 Å². The summed E-state index contributed by atoms with van der Waals surface area (Å²) in [6.45, 7) is 1.83. The number of fused-ring (bicyclic) bond motifs is 1. The largest absolute Gasteiger partial charge is 0.296 e. The Bertz CT molecular complexity index is 476. The van der Waals surface area contributed by atoms with Crippen molar-refractivity contribution in [2.24, 2.45) is 0 Å². The number of halogens is 1. The van der Waals surface area contributed by atoms with E-state index in [0.717, 1.165) is 17.5 Å². The van der Waals surface area contributed by atoms with Crippen molar-refractivity contribution >= 4 is 23.4 Å². The van der Waals surface area contributed by atoms with Crippen LogP contribution in [0.25, 0.3) is 5.52 Å². The third kappa shape index (κ3) is 1.12. The number of carbonyl (C=O) groups excluding carboxylic acids is 1. The summed E-state index contributed by atoms with van der Waals surface area (Å²) in [4.78, 5) is 14.7. The van der Waals surface area contributed by atoms with Crippen molar-refractivity contribution in [3.63, 3.8) is 0 Å². The van der Waals surface area contributed by atoms with Crippen molar-refractivity contribution in [3.8, 4) is 0 Å². The smallest absolute Gasteiger partial charge is 0.185 e. The molecule has 2 rings (SSSR count). The van der Waals surface area contributed by atoms with E-state index in [2.05, 4.69) is 4.98 Å². The molecule has 2 aromatic heterocycles. The quantitative estimate of drug-likeness (QED) is 0.652. The van der Waals surface area contributed by atoms with Gasteiger partial charge >= 0.3 is 0 Å². The first-order chi connectivity index (χ1) is 6.24. The van der Waals surface area contributed by atoms with Crippen LogP contribution < -0.4 is 0 Å². The fourth-order valence-corrected chi connectivity index (χ4v) is 1.68. The number of hydrogen-bond acceptors (Lipinski definition) is 2. The molecule has 0 saturated carbocycles. The van der Waals surface area contributed by atoms with Gasteiger partial charge in [0.25, 0.3) is 0 Å². The van der Waals surface area contributed by atoms with Gasteiger partial charge in [-0.15, -0.1) is 0 Å². The summed E-state index contributed by atoms with van der Waals surface area (Å²) >= 11 is 5.96. The summed E-state index contributed by atoms with van der Waals surface area (Å²) in [5, 5.41) is 0.612. The molecular weight excluding hydrogens is 188 g/mol. The van der Waals surface area contributed by atoms with E-state index in [1.807, 2.05) is 6.92 Å². The number of aldehydes is 1. The predicted molar refractivity (Wildman–Crippen MR) is 50.3 cm³/mol. The molecular formula is C9H7ClN2O. The number of imidazole rings is 1. The van der Waals surface area contributed by atoms with E-state index in [4.69, 9.17) is 11.6 Å². The second-order valence-electron chi connectivity index (χ2n) is 2.75. The molecule has 0 atom stereocenters. The number of hydrogen-bond donors (Lipinski definition) is 0. The van der Waals surface area contributed by atoms with Crippen LogP contribution in [-0.2, 0) is 0 Å². The molecule has 0 amide bonds. The van der Waals surface area contributed by atoms with Crippen LogP contribution in [0.1, 0.15) is 16.3 Å². The van der Waals surface area contributed by atoms with Gasteiger partial charge in [-0.1, -0.05) is 11.6 Å². The van der Waals surface area contributed by atoms with Crippen LogP contribution in [0.3, 0.4) is 0 Å². The highest BCUT2D eigenvalue weighted by atomic mass is 35.5. The van der Waals surface area contributed by atoms with Gasteiger partial charge in [0.15, 0.2) is 12.1 Å². The molecule has 0 radical (unpaired) electrons. The number of carbonyl (C=O) groups is 1. The molecule has 0 fully saturated rings. The number of nitrogens with zero attached hydrogens (tertiary/aromatic N) is 2. The molecule has 0 unspecified atom stereocenters. The molecule has 2 aromatic rings. The molecule has 0 aliphatic heterocycles. The van der Waals surface area contributed by atoms with E-state index in [1.54, 1.807) is 22.7 Å². The van der Waals surface area contributed by atoms with Crippen LogP contribution in [-0.4, -0.2) is 15.7 Å². The number of aromatic nitrogens is 2. The Balaban J connectivity index is 2.95. The third-order valence-corrected chi connectivity index (χ3v) is 2.23. The molecule has 2 heterocycles. The highest BCUT2D eigenvalue weighted by molar-refractivity contribution is 6.34. The third-order valence-electron chi connectivity index (χ3n) is 1.92. The van der Waals surface area contributed by atoms with E-state index in [0.29, 0.717) is 10.8 Å². The van der Waals surface area contributed by atoms with Gasteiger partial charge in [-0.2, -0.15) is 0 Å². The first-order valence-corrected chi connectivity index (χ1v) is 4.20. The lowest BCUT2D eigenvalue weighted by molar-refractivity contribution is 0.111. The SMILES string of the molecule is Cc1nc(C=O)n2cccc(Cl)c12. The van der Waals surface area contributed by atoms with E-state index in [1.165, 1.54) is 0 Å². The van der Waals surface area contributed by atoms with E-state index >= 15 is 0 Å². The summed E-state index contributed by atoms with van der Waals surface area (Å²) in [6, 6.07) is 3.56. The molecule has 0 bridgehead atoms. The van der Waals surface area contributed by atoms with Crippen LogP contribution in [0, 0.1) is 6.92 Å². The molecule has 0 aliphatic carbocycles. The Morgan fingerprint density at radius 1 is 1.62 bits per heavy atom. The van der Waals surface area contributed by atoms with Crippen molar-refractivity contribution in [1.29, 1.82) is 0 Å². The van der Waals surface area contributed by atoms with Crippen LogP contribution in [0.2, 0.25) is 5.02 Å². The predicted octanol–water partition coefficient (Wildman–Crippen LogP) is 2.11. The maximum absolute atomic E-state index is 10.6. The van der Waals surface area contributed by atoms with Crippen molar-refractivity contribution < 1.29 is 4.79 Å². The first-order valence-electron chi connectivity index (χ1n) is 3.82. The Morgan fingerprint density at radius 2 is 2.38 bits per heavy atom. The zero-order chi connectivity index (χ0) is 9.42. The fourth-order valence-electron chi connectivity index (χ4n) is 1.38. The maximum Gasteiger partial charge on any atom is 0.185 e. The molecule has 0 aromatic carbocycles. The van der Waals surface area contributed by atoms with Gasteiger partial charge in [0.1, 0.15) is 0 Å². The summed E-state index contributed by atoms with van der Waals surface area (Å²) in [7, 11) is 0. The first kappa shape index (κ1) is 8.26. The lowest BCUT2D eigenvalue weighted by Gasteiger charge is -1.96. The van der Waals surface area contributed by atoms with Gasteiger partial charge in [0.2, 0.25) is 0 Å². The average Bonchev–Trinajstić information content (AvgIpc) is 2.44. The highest BCUT2D eigenvalue weighted by Crippen LogP contribution is 2.20. The van der Waals surface area contributed by atoms with Gasteiger partial charge < -0.3 is 0 Å². The summed E-state index contributed by atoms with van der Waals surface area (Å²) in [5.74, 6) is 0.384. The lowest BCUT2D eigenvalue weighted by atomic mass is 10.3. The van der Waals surface area contributed by atoms with Gasteiger partial charge in [0.05, 0.1) is 16.2 Å². The number of pyridine rings is 1. The molecule has 3 nitrogen and oxygen atoms in total. The Kier molecular flexibility index (Phi) is 1.81. The normalized spacial score (nSPS) is 10.6. The Labute approximate surface area is 80.0 Å². The van der Waals surface area contributed by atoms with Gasteiger partial charge in [0, 0.05) is 6.20 Å². The second-order valence-corrected chi connectivity index (χ2v) is 3.16. The van der Waals surface area contributed by atoms with E-state index < -0.39 is 0 Å². The van der Waals surface area contributed by atoms with Crippen LogP contribution in [0.5, 0.6) is 0 Å². The monoisotopic (exact) mass is 194 g/mol. The summed E-state index contributed by atoms with van der Waals surface area (Å²) in [5.41, 5.74) is 1.57. The topological polar surface area (TPSA) is 34.4 Å². The van der Waals surface area contributed by atoms with Gasteiger partial charge in [-0.3, -0.25) is 9.20 Å². The van der Waals surface area contributed by atoms with Gasteiger partial charge in [-0.05, 0) is 19.1 Å². The maximum atomic E-state index is 10.6. The van der Waals surface area contributed by atoms with Crippen molar-refractivity contribution in [2.75, 3.05) is 0 Å². The zero-order valence-corrected chi connectivity index (χ0v) is 7.75. The zero-order valence-electron chi connectivity index (χ0n) is 6.99. The lowest BCUT2D eigenvalue weighted by Crippen LogP contribution is -1.90. The molecule has 66 valence electrons. The van der Waals surface area contributed by atoms with Gasteiger partial charge in [-0.25, -0.2) is 4.98 Å². The standard InChI is InChI=1S/C9H7ClN2O/c1-6-9-7(10)3-2-4-12(9)8(5-13)11-6/h2-5H,1H3. The van der Waals surface area contributed by atoms with Crippen LogP contribution >= 0.6 is 11.6 Å². The van der Waals surface area contributed by atoms with Crippen molar-refractivity contribution in [1.82, 2.24) is 9.38 Å². The molecule has 0 aliphatic rings. The highest BCUT2D eigenvalue weighted by Gasteiger charge is 2.08. The van der Waals surface area contributed by atoms with Crippen LogP contribution in [0.15, 0.2) is 18.3 Å². The van der Waals surface area contributed by atoms with Crippen molar-refractivity contribution in [2.45, 2.75) is 6.92 Å². The number of aryl methyl sites for hydroxylation is 1. The Morgan fingerprint density at radius 3 is 3.08 bits per heavy atom. The van der Waals surface area contributed by atoms with E-state index in [-0.39, 0.29) is 0 Å². The minimum absolute atomic E-state index is 0.384. The minimum Gasteiger partial charge on any atom is -0.296 e. The molecule has 0 saturated heterocycles.